The highest BCUT2D eigenvalue weighted by atomic mass is 16.5. The number of piperidine rings is 1. The van der Waals surface area contributed by atoms with Gasteiger partial charge in [0.25, 0.3) is 0 Å². The van der Waals surface area contributed by atoms with Crippen LogP contribution >= 0.6 is 0 Å². The third-order valence-corrected chi connectivity index (χ3v) is 5.79. The van der Waals surface area contributed by atoms with Crippen LogP contribution in [0, 0.1) is 0 Å². The number of ether oxygens (including phenoxy) is 1. The minimum absolute atomic E-state index is 0.0653. The van der Waals surface area contributed by atoms with Gasteiger partial charge < -0.3 is 10.1 Å². The van der Waals surface area contributed by atoms with Gasteiger partial charge in [0.05, 0.1) is 11.5 Å². The molecule has 0 unspecified atom stereocenters. The Balaban J connectivity index is 1.58. The first-order valence-corrected chi connectivity index (χ1v) is 9.90. The maximum absolute atomic E-state index is 12.4. The molecule has 1 aromatic rings. The zero-order chi connectivity index (χ0) is 19.3. The van der Waals surface area contributed by atoms with E-state index in [1.807, 2.05) is 19.1 Å². The molecular weight excluding hydrogens is 344 g/mol. The van der Waals surface area contributed by atoms with E-state index < -0.39 is 5.41 Å². The second kappa shape index (κ2) is 8.65. The van der Waals surface area contributed by atoms with E-state index in [1.165, 1.54) is 19.3 Å². The minimum Gasteiger partial charge on any atom is -0.368 e. The average Bonchev–Trinajstić information content (AvgIpc) is 2.69. The van der Waals surface area contributed by atoms with Gasteiger partial charge in [-0.1, -0.05) is 38.3 Å². The van der Waals surface area contributed by atoms with Crippen LogP contribution in [-0.4, -0.2) is 30.4 Å². The lowest BCUT2D eigenvalue weighted by Gasteiger charge is -2.35. The van der Waals surface area contributed by atoms with E-state index in [0.29, 0.717) is 24.9 Å². The van der Waals surface area contributed by atoms with Crippen molar-refractivity contribution < 1.29 is 19.1 Å². The molecule has 1 aromatic carbocycles. The van der Waals surface area contributed by atoms with E-state index in [-0.39, 0.29) is 30.4 Å². The summed E-state index contributed by atoms with van der Waals surface area (Å²) in [7, 11) is 0. The molecule has 2 N–H and O–H groups in total. The highest BCUT2D eigenvalue weighted by molar-refractivity contribution is 6.03. The average molecular weight is 372 g/mol. The van der Waals surface area contributed by atoms with Crippen LogP contribution in [0.25, 0.3) is 0 Å². The number of carbonyl (C=O) groups is 3. The molecule has 0 spiro atoms. The summed E-state index contributed by atoms with van der Waals surface area (Å²) in [5.74, 6) is -0.621. The molecular formula is C21H28N2O4. The fraction of sp³-hybridized carbons (Fsp3) is 0.571. The summed E-state index contributed by atoms with van der Waals surface area (Å²) < 4.78 is 5.70. The summed E-state index contributed by atoms with van der Waals surface area (Å²) in [6.45, 7) is 2.02. The molecule has 146 valence electrons. The number of nitrogens with one attached hydrogen (secondary N) is 2. The first kappa shape index (κ1) is 19.5. The SMILES string of the molecule is CC[C@]1(c2ccc(NC(=O)COC3CCCCC3)cc2)CCC(=O)NC1=O. The molecule has 1 saturated heterocycles. The summed E-state index contributed by atoms with van der Waals surface area (Å²) in [4.78, 5) is 36.0. The van der Waals surface area contributed by atoms with Crippen LogP contribution in [0.4, 0.5) is 5.69 Å². The predicted octanol–water partition coefficient (Wildman–Crippen LogP) is 3.06. The lowest BCUT2D eigenvalue weighted by Crippen LogP contribution is -2.51. The number of hydrogen-bond donors (Lipinski definition) is 2. The maximum Gasteiger partial charge on any atom is 0.250 e. The highest BCUT2D eigenvalue weighted by Gasteiger charge is 2.42. The summed E-state index contributed by atoms with van der Waals surface area (Å²) in [6.07, 6.45) is 7.33. The Bertz CT molecular complexity index is 695. The van der Waals surface area contributed by atoms with E-state index >= 15 is 0 Å². The quantitative estimate of drug-likeness (QED) is 0.752. The number of amides is 3. The van der Waals surface area contributed by atoms with Gasteiger partial charge in [0, 0.05) is 12.1 Å². The van der Waals surface area contributed by atoms with E-state index in [0.717, 1.165) is 18.4 Å². The molecule has 1 atom stereocenters. The molecule has 6 nitrogen and oxygen atoms in total. The van der Waals surface area contributed by atoms with Gasteiger partial charge in [-0.3, -0.25) is 19.7 Å². The van der Waals surface area contributed by atoms with E-state index in [4.69, 9.17) is 4.74 Å². The largest absolute Gasteiger partial charge is 0.368 e. The second-order valence-electron chi connectivity index (χ2n) is 7.51. The molecule has 1 saturated carbocycles. The van der Waals surface area contributed by atoms with Crippen LogP contribution < -0.4 is 10.6 Å². The molecule has 0 bridgehead atoms. The topological polar surface area (TPSA) is 84.5 Å². The van der Waals surface area contributed by atoms with E-state index in [2.05, 4.69) is 10.6 Å². The normalized spacial score (nSPS) is 23.7. The van der Waals surface area contributed by atoms with Gasteiger partial charge >= 0.3 is 0 Å². The minimum atomic E-state index is -0.680. The summed E-state index contributed by atoms with van der Waals surface area (Å²) in [6, 6.07) is 7.32. The zero-order valence-corrected chi connectivity index (χ0v) is 15.9. The van der Waals surface area contributed by atoms with Gasteiger partial charge in [-0.05, 0) is 43.4 Å². The van der Waals surface area contributed by atoms with E-state index in [9.17, 15) is 14.4 Å². The Kier molecular flexibility index (Phi) is 6.26. The number of carbonyl (C=O) groups excluding carboxylic acids is 3. The first-order valence-electron chi connectivity index (χ1n) is 9.90. The van der Waals surface area contributed by atoms with Crippen molar-refractivity contribution in [2.24, 2.45) is 0 Å². The van der Waals surface area contributed by atoms with Crippen LogP contribution in [0.15, 0.2) is 24.3 Å². The molecule has 27 heavy (non-hydrogen) atoms. The van der Waals surface area contributed by atoms with Crippen molar-refractivity contribution in [2.75, 3.05) is 11.9 Å². The Hall–Kier alpha value is -2.21. The number of imide groups is 1. The lowest BCUT2D eigenvalue weighted by molar-refractivity contribution is -0.138. The van der Waals surface area contributed by atoms with Crippen molar-refractivity contribution in [3.05, 3.63) is 29.8 Å². The monoisotopic (exact) mass is 372 g/mol. The second-order valence-corrected chi connectivity index (χ2v) is 7.51. The van der Waals surface area contributed by atoms with Gasteiger partial charge in [0.15, 0.2) is 0 Å². The Morgan fingerprint density at radius 2 is 1.89 bits per heavy atom. The predicted molar refractivity (Wildman–Crippen MR) is 102 cm³/mol. The fourth-order valence-electron chi connectivity index (χ4n) is 4.06. The fourth-order valence-corrected chi connectivity index (χ4v) is 4.06. The summed E-state index contributed by atoms with van der Waals surface area (Å²) in [5, 5.41) is 5.29. The molecule has 0 radical (unpaired) electrons. The Morgan fingerprint density at radius 3 is 2.52 bits per heavy atom. The van der Waals surface area contributed by atoms with Crippen molar-refractivity contribution in [3.8, 4) is 0 Å². The van der Waals surface area contributed by atoms with Crippen molar-refractivity contribution in [3.63, 3.8) is 0 Å². The van der Waals surface area contributed by atoms with Crippen molar-refractivity contribution in [1.29, 1.82) is 0 Å². The first-order chi connectivity index (χ1) is 13.0. The number of rotatable bonds is 6. The number of anilines is 1. The third kappa shape index (κ3) is 4.56. The highest BCUT2D eigenvalue weighted by Crippen LogP contribution is 2.36. The molecule has 0 aromatic heterocycles. The van der Waals surface area contributed by atoms with Gasteiger partial charge in [-0.25, -0.2) is 0 Å². The van der Waals surface area contributed by atoms with Crippen LogP contribution in [0.1, 0.15) is 63.9 Å². The van der Waals surface area contributed by atoms with Crippen LogP contribution in [0.3, 0.4) is 0 Å². The molecule has 2 aliphatic rings. The smallest absolute Gasteiger partial charge is 0.250 e. The van der Waals surface area contributed by atoms with Crippen molar-refractivity contribution >= 4 is 23.4 Å². The molecule has 3 amide bonds. The maximum atomic E-state index is 12.4. The van der Waals surface area contributed by atoms with Crippen LogP contribution in [0.2, 0.25) is 0 Å². The van der Waals surface area contributed by atoms with Crippen LogP contribution in [0.5, 0.6) is 0 Å². The number of hydrogen-bond acceptors (Lipinski definition) is 4. The summed E-state index contributed by atoms with van der Waals surface area (Å²) >= 11 is 0. The molecule has 6 heteroatoms. The summed E-state index contributed by atoms with van der Waals surface area (Å²) in [5.41, 5.74) is 0.863. The Morgan fingerprint density at radius 1 is 1.19 bits per heavy atom. The van der Waals surface area contributed by atoms with Crippen LogP contribution in [-0.2, 0) is 24.5 Å². The van der Waals surface area contributed by atoms with Gasteiger partial charge in [-0.15, -0.1) is 0 Å². The van der Waals surface area contributed by atoms with Crippen molar-refractivity contribution in [1.82, 2.24) is 5.32 Å². The Labute approximate surface area is 160 Å². The standard InChI is InChI=1S/C21H28N2O4/c1-2-21(13-12-18(24)23-20(21)26)15-8-10-16(11-9-15)22-19(25)14-27-17-6-4-3-5-7-17/h8-11,17H,2-7,12-14H2,1H3,(H,22,25)(H,23,24,26)/t21-/m1/s1. The molecule has 1 heterocycles. The molecule has 1 aliphatic heterocycles. The van der Waals surface area contributed by atoms with Gasteiger partial charge in [0.2, 0.25) is 17.7 Å². The third-order valence-electron chi connectivity index (χ3n) is 5.79. The molecule has 2 fully saturated rings. The lowest BCUT2D eigenvalue weighted by atomic mass is 9.72. The number of benzene rings is 1. The molecule has 1 aliphatic carbocycles. The van der Waals surface area contributed by atoms with Gasteiger partial charge in [-0.2, -0.15) is 0 Å². The zero-order valence-electron chi connectivity index (χ0n) is 15.9. The van der Waals surface area contributed by atoms with Crippen molar-refractivity contribution in [2.45, 2.75) is 69.8 Å². The molecule has 3 rings (SSSR count). The van der Waals surface area contributed by atoms with E-state index in [1.54, 1.807) is 12.1 Å². The van der Waals surface area contributed by atoms with Gasteiger partial charge in [0.1, 0.15) is 6.61 Å².